The second kappa shape index (κ2) is 13.4. The minimum Gasteiger partial charge on any atom is -0.426 e. The predicted molar refractivity (Wildman–Crippen MR) is 126 cm³/mol. The van der Waals surface area contributed by atoms with Gasteiger partial charge in [0.05, 0.1) is 6.42 Å². The summed E-state index contributed by atoms with van der Waals surface area (Å²) in [5.74, 6) is 0.963. The van der Waals surface area contributed by atoms with E-state index in [1.165, 1.54) is 12.8 Å². The zero-order valence-electron chi connectivity index (χ0n) is 19.9. The fourth-order valence-electron chi connectivity index (χ4n) is 3.16. The van der Waals surface area contributed by atoms with Crippen LogP contribution >= 0.6 is 0 Å². The van der Waals surface area contributed by atoms with Gasteiger partial charge in [-0.25, -0.2) is 0 Å². The summed E-state index contributed by atoms with van der Waals surface area (Å²) in [6.45, 7) is 16.5. The van der Waals surface area contributed by atoms with Gasteiger partial charge in [0.2, 0.25) is 5.91 Å². The molecule has 0 bridgehead atoms. The van der Waals surface area contributed by atoms with Gasteiger partial charge in [-0.1, -0.05) is 59.8 Å². The summed E-state index contributed by atoms with van der Waals surface area (Å²) in [4.78, 5) is 26.4. The van der Waals surface area contributed by atoms with Crippen LogP contribution in [0.15, 0.2) is 35.6 Å². The Labute approximate surface area is 185 Å². The molecule has 0 atom stereocenters. The van der Waals surface area contributed by atoms with E-state index in [0.717, 1.165) is 37.5 Å². The lowest BCUT2D eigenvalue weighted by molar-refractivity contribution is -0.140. The molecular weight excluding hydrogens is 376 g/mol. The quantitative estimate of drug-likeness (QED) is 0.572. The smallest absolute Gasteiger partial charge is 0.311 e. The first-order valence-electron chi connectivity index (χ1n) is 11.4. The molecule has 0 unspecified atom stereocenters. The third-order valence-electron chi connectivity index (χ3n) is 4.63. The van der Waals surface area contributed by atoms with E-state index < -0.39 is 0 Å². The lowest BCUT2D eigenvalue weighted by Crippen LogP contribution is -2.33. The van der Waals surface area contributed by atoms with Gasteiger partial charge in [0.1, 0.15) is 5.76 Å². The molecule has 2 rings (SSSR count). The average Bonchev–Trinajstić information content (AvgIpc) is 3.03. The van der Waals surface area contributed by atoms with Gasteiger partial charge >= 0.3 is 5.97 Å². The van der Waals surface area contributed by atoms with E-state index in [0.29, 0.717) is 12.3 Å². The van der Waals surface area contributed by atoms with Gasteiger partial charge in [-0.2, -0.15) is 0 Å². The molecule has 1 amide bonds. The molecule has 1 fully saturated rings. The number of nitrogens with one attached hydrogen (secondary N) is 1. The van der Waals surface area contributed by atoms with Gasteiger partial charge < -0.3 is 15.0 Å². The molecule has 172 valence electrons. The second-order valence-corrected chi connectivity index (χ2v) is 9.67. The Morgan fingerprint density at radius 3 is 2.30 bits per heavy atom. The van der Waals surface area contributed by atoms with Crippen molar-refractivity contribution in [1.82, 2.24) is 10.2 Å². The second-order valence-electron chi connectivity index (χ2n) is 9.67. The largest absolute Gasteiger partial charge is 0.426 e. The predicted octanol–water partition coefficient (Wildman–Crippen LogP) is 5.25. The van der Waals surface area contributed by atoms with E-state index in [9.17, 15) is 9.59 Å². The maximum absolute atomic E-state index is 12.2. The molecule has 0 aromatic heterocycles. The summed E-state index contributed by atoms with van der Waals surface area (Å²) in [5.41, 5.74) is 0.878. The summed E-state index contributed by atoms with van der Waals surface area (Å²) in [5, 5.41) is 2.89. The molecule has 5 nitrogen and oxygen atoms in total. The third-order valence-corrected chi connectivity index (χ3v) is 4.63. The Morgan fingerprint density at radius 2 is 1.70 bits per heavy atom. The van der Waals surface area contributed by atoms with Crippen molar-refractivity contribution < 1.29 is 15.8 Å². The van der Waals surface area contributed by atoms with Crippen LogP contribution in [0, 0.1) is 11.3 Å². The molecule has 1 saturated heterocycles. The number of nitrogens with zero attached hydrogens (tertiary/aromatic N) is 1. The number of likely N-dealkylation sites (tertiary alicyclic amines) is 1. The zero-order valence-corrected chi connectivity index (χ0v) is 19.9. The van der Waals surface area contributed by atoms with Crippen molar-refractivity contribution in [3.63, 3.8) is 0 Å². The number of carbonyl (C=O) groups excluding carboxylic acids is 2. The van der Waals surface area contributed by atoms with Crippen LogP contribution in [0.5, 0.6) is 0 Å². The number of allylic oxidation sites excluding steroid dienone is 5. The molecule has 5 heteroatoms. The van der Waals surface area contributed by atoms with Crippen LogP contribution in [0.3, 0.4) is 0 Å². The number of amides is 1. The van der Waals surface area contributed by atoms with Crippen molar-refractivity contribution in [3.05, 3.63) is 35.6 Å². The first kappa shape index (κ1) is 26.2. The average molecular weight is 421 g/mol. The SMILES string of the molecule is CC(C)(C)C1=C(OC(=O)CCC(=O)NCCN2CCCC2)C=CCC=C1.CC(C)C.[HH]. The van der Waals surface area contributed by atoms with Crippen molar-refractivity contribution in [3.8, 4) is 0 Å². The Bertz CT molecular complexity index is 637. The van der Waals surface area contributed by atoms with Crippen LogP contribution in [-0.4, -0.2) is 43.0 Å². The molecule has 30 heavy (non-hydrogen) atoms. The Kier molecular flexibility index (Phi) is 11.7. The number of hydrogen-bond donors (Lipinski definition) is 1. The molecule has 0 aromatic rings. The maximum Gasteiger partial charge on any atom is 0.311 e. The topological polar surface area (TPSA) is 58.6 Å². The number of ether oxygens (including phenoxy) is 1. The van der Waals surface area contributed by atoms with Crippen LogP contribution < -0.4 is 5.32 Å². The molecule has 0 saturated carbocycles. The van der Waals surface area contributed by atoms with Crippen LogP contribution in [0.25, 0.3) is 0 Å². The summed E-state index contributed by atoms with van der Waals surface area (Å²) < 4.78 is 5.56. The van der Waals surface area contributed by atoms with E-state index in [1.54, 1.807) is 0 Å². The lowest BCUT2D eigenvalue weighted by atomic mass is 9.85. The molecule has 1 heterocycles. The van der Waals surface area contributed by atoms with Gasteiger partial charge in [-0.3, -0.25) is 9.59 Å². The minimum absolute atomic E-state index is 0. The van der Waals surface area contributed by atoms with Gasteiger partial charge in [0.15, 0.2) is 0 Å². The highest BCUT2D eigenvalue weighted by Crippen LogP contribution is 2.31. The van der Waals surface area contributed by atoms with Crippen molar-refractivity contribution >= 4 is 11.9 Å². The Balaban J connectivity index is 0.00000165. The van der Waals surface area contributed by atoms with Gasteiger partial charge in [-0.05, 0) is 55.3 Å². The highest BCUT2D eigenvalue weighted by molar-refractivity contribution is 5.81. The number of esters is 1. The molecular formula is C25H44N2O3. The van der Waals surface area contributed by atoms with Crippen molar-refractivity contribution in [1.29, 1.82) is 0 Å². The molecule has 2 aliphatic rings. The van der Waals surface area contributed by atoms with Gasteiger partial charge in [0, 0.05) is 20.9 Å². The van der Waals surface area contributed by atoms with Crippen molar-refractivity contribution in [2.45, 2.75) is 73.6 Å². The Morgan fingerprint density at radius 1 is 1.10 bits per heavy atom. The molecule has 1 aliphatic heterocycles. The number of rotatable bonds is 7. The highest BCUT2D eigenvalue weighted by Gasteiger charge is 2.22. The van der Waals surface area contributed by atoms with Crippen molar-refractivity contribution in [2.24, 2.45) is 11.3 Å². The first-order valence-corrected chi connectivity index (χ1v) is 11.4. The standard InChI is InChI=1S/C21H32N2O3.C4H10.H2/c1-21(2,3)17-9-5-4-6-10-18(17)26-20(25)12-11-19(24)22-13-16-23-14-7-8-15-23;1-4(2)3;/h5-6,9-10H,4,7-8,11-16H2,1-3H3,(H,22,24);4H,1-3H3;1H. The van der Waals surface area contributed by atoms with Crippen LogP contribution in [-0.2, 0) is 14.3 Å². The molecule has 0 radical (unpaired) electrons. The summed E-state index contributed by atoms with van der Waals surface area (Å²) >= 11 is 0. The van der Waals surface area contributed by atoms with E-state index in [4.69, 9.17) is 4.74 Å². The van der Waals surface area contributed by atoms with Gasteiger partial charge in [0.25, 0.3) is 0 Å². The third kappa shape index (κ3) is 11.3. The first-order chi connectivity index (χ1) is 14.1. The van der Waals surface area contributed by atoms with E-state index >= 15 is 0 Å². The normalized spacial score (nSPS) is 16.9. The minimum atomic E-state index is -0.364. The van der Waals surface area contributed by atoms with Crippen LogP contribution in [0.4, 0.5) is 0 Å². The van der Waals surface area contributed by atoms with Crippen LogP contribution in [0.2, 0.25) is 0 Å². The van der Waals surface area contributed by atoms with E-state index in [1.807, 2.05) is 18.2 Å². The van der Waals surface area contributed by atoms with E-state index in [-0.39, 0.29) is 31.6 Å². The maximum atomic E-state index is 12.2. The fraction of sp³-hybridized carbons (Fsp3) is 0.680. The summed E-state index contributed by atoms with van der Waals surface area (Å²) in [6.07, 6.45) is 11.5. The van der Waals surface area contributed by atoms with Crippen LogP contribution in [0.1, 0.15) is 75.1 Å². The number of carbonyl (C=O) groups is 2. The zero-order chi connectivity index (χ0) is 22.6. The monoisotopic (exact) mass is 420 g/mol. The van der Waals surface area contributed by atoms with E-state index in [2.05, 4.69) is 57.8 Å². The fourth-order valence-corrected chi connectivity index (χ4v) is 3.16. The highest BCUT2D eigenvalue weighted by atomic mass is 16.5. The molecule has 1 N–H and O–H groups in total. The summed E-state index contributed by atoms with van der Waals surface area (Å²) in [6, 6.07) is 0. The lowest BCUT2D eigenvalue weighted by Gasteiger charge is -2.22. The van der Waals surface area contributed by atoms with Gasteiger partial charge in [-0.15, -0.1) is 0 Å². The summed E-state index contributed by atoms with van der Waals surface area (Å²) in [7, 11) is 0. The molecule has 0 aromatic carbocycles. The molecule has 0 spiro atoms. The molecule has 1 aliphatic carbocycles. The number of hydrogen-bond acceptors (Lipinski definition) is 4. The Hall–Kier alpha value is -1.88. The van der Waals surface area contributed by atoms with Crippen molar-refractivity contribution in [2.75, 3.05) is 26.2 Å².